The summed E-state index contributed by atoms with van der Waals surface area (Å²) in [5, 5.41) is 0. The Morgan fingerprint density at radius 1 is 1.11 bits per heavy atom. The van der Waals surface area contributed by atoms with Gasteiger partial charge in [-0.15, -0.1) is 0 Å². The molecule has 1 aromatic rings. The molecule has 2 aliphatic rings. The zero-order valence-corrected chi connectivity index (χ0v) is 13.1. The van der Waals surface area contributed by atoms with Gasteiger partial charge in [-0.2, -0.15) is 0 Å². The molecule has 19 heavy (non-hydrogen) atoms. The van der Waals surface area contributed by atoms with Crippen molar-refractivity contribution in [2.45, 2.75) is 55.7 Å². The Kier molecular flexibility index (Phi) is 4.47. The largest absolute Gasteiger partial charge is 0.493 e. The number of fused-ring (bicyclic) bond motifs is 1. The Morgan fingerprint density at radius 3 is 2.89 bits per heavy atom. The molecule has 1 aliphatic carbocycles. The van der Waals surface area contributed by atoms with E-state index in [9.17, 15) is 0 Å². The van der Waals surface area contributed by atoms with Gasteiger partial charge in [0.15, 0.2) is 0 Å². The normalized spacial score (nSPS) is 31.1. The van der Waals surface area contributed by atoms with Crippen molar-refractivity contribution in [1.29, 1.82) is 0 Å². The topological polar surface area (TPSA) is 9.23 Å². The van der Waals surface area contributed by atoms with Crippen LogP contribution in [0.2, 0.25) is 0 Å². The highest BCUT2D eigenvalue weighted by molar-refractivity contribution is 9.09. The first-order valence-electron chi connectivity index (χ1n) is 7.68. The number of benzene rings is 1. The van der Waals surface area contributed by atoms with Crippen LogP contribution in [0, 0.1) is 5.92 Å². The van der Waals surface area contributed by atoms with Gasteiger partial charge in [0.05, 0.1) is 6.61 Å². The maximum Gasteiger partial charge on any atom is 0.122 e. The van der Waals surface area contributed by atoms with Crippen molar-refractivity contribution in [1.82, 2.24) is 0 Å². The third-order valence-electron chi connectivity index (χ3n) is 4.67. The lowest BCUT2D eigenvalue weighted by molar-refractivity contribution is 0.247. The zero-order valence-electron chi connectivity index (χ0n) is 11.5. The number of rotatable bonds is 2. The lowest BCUT2D eigenvalue weighted by atomic mass is 9.82. The average Bonchev–Trinajstić information content (AvgIpc) is 2.63. The highest BCUT2D eigenvalue weighted by Crippen LogP contribution is 2.40. The van der Waals surface area contributed by atoms with Gasteiger partial charge in [-0.05, 0) is 49.1 Å². The fourth-order valence-electron chi connectivity index (χ4n) is 3.67. The van der Waals surface area contributed by atoms with Crippen molar-refractivity contribution < 1.29 is 4.74 Å². The van der Waals surface area contributed by atoms with Gasteiger partial charge in [0.2, 0.25) is 0 Å². The minimum Gasteiger partial charge on any atom is -0.493 e. The van der Waals surface area contributed by atoms with E-state index >= 15 is 0 Å². The van der Waals surface area contributed by atoms with Crippen LogP contribution in [-0.4, -0.2) is 11.4 Å². The summed E-state index contributed by atoms with van der Waals surface area (Å²) >= 11 is 3.85. The summed E-state index contributed by atoms with van der Waals surface area (Å²) in [5.41, 5.74) is 1.45. The second-order valence-electron chi connectivity index (χ2n) is 6.09. The van der Waals surface area contributed by atoms with E-state index in [4.69, 9.17) is 4.74 Å². The molecule has 0 amide bonds. The molecule has 3 unspecified atom stereocenters. The van der Waals surface area contributed by atoms with E-state index in [1.807, 2.05) is 0 Å². The number of halogens is 1. The summed E-state index contributed by atoms with van der Waals surface area (Å²) in [5.74, 6) is 2.73. The first kappa shape index (κ1) is 13.5. The van der Waals surface area contributed by atoms with Gasteiger partial charge in [0, 0.05) is 4.83 Å². The van der Waals surface area contributed by atoms with Crippen LogP contribution in [-0.2, 0) is 0 Å². The van der Waals surface area contributed by atoms with Gasteiger partial charge < -0.3 is 4.74 Å². The quantitative estimate of drug-likeness (QED) is 0.531. The van der Waals surface area contributed by atoms with E-state index in [0.29, 0.717) is 5.92 Å². The average molecular weight is 323 g/mol. The van der Waals surface area contributed by atoms with Crippen molar-refractivity contribution in [3.8, 4) is 5.75 Å². The van der Waals surface area contributed by atoms with E-state index in [1.165, 1.54) is 50.5 Å². The number of hydrogen-bond donors (Lipinski definition) is 0. The Morgan fingerprint density at radius 2 is 1.95 bits per heavy atom. The van der Waals surface area contributed by atoms with Crippen LogP contribution in [0.5, 0.6) is 5.75 Å². The molecule has 3 atom stereocenters. The molecule has 0 radical (unpaired) electrons. The summed E-state index contributed by atoms with van der Waals surface area (Å²) in [6.45, 7) is 0.895. The second kappa shape index (κ2) is 6.30. The van der Waals surface area contributed by atoms with Crippen LogP contribution in [0.3, 0.4) is 0 Å². The van der Waals surface area contributed by atoms with E-state index in [2.05, 4.69) is 40.2 Å². The number of para-hydroxylation sites is 1. The molecule has 1 nitrogen and oxygen atoms in total. The second-order valence-corrected chi connectivity index (χ2v) is 7.39. The third kappa shape index (κ3) is 3.34. The smallest absolute Gasteiger partial charge is 0.122 e. The predicted octanol–water partition coefficient (Wildman–Crippen LogP) is 5.29. The zero-order chi connectivity index (χ0) is 13.1. The van der Waals surface area contributed by atoms with Crippen molar-refractivity contribution in [2.75, 3.05) is 6.61 Å². The SMILES string of the molecule is BrC1CCCCC(CC2CCOc3ccccc32)C1. The van der Waals surface area contributed by atoms with Crippen molar-refractivity contribution in [2.24, 2.45) is 5.92 Å². The summed E-state index contributed by atoms with van der Waals surface area (Å²) in [6.07, 6.45) is 9.50. The molecule has 3 rings (SSSR count). The van der Waals surface area contributed by atoms with Gasteiger partial charge in [-0.1, -0.05) is 53.4 Å². The number of hydrogen-bond acceptors (Lipinski definition) is 1. The van der Waals surface area contributed by atoms with Crippen LogP contribution >= 0.6 is 15.9 Å². The first-order valence-corrected chi connectivity index (χ1v) is 8.60. The van der Waals surface area contributed by atoms with E-state index in [1.54, 1.807) is 0 Å². The predicted molar refractivity (Wildman–Crippen MR) is 83.2 cm³/mol. The van der Waals surface area contributed by atoms with E-state index in [-0.39, 0.29) is 0 Å². The molecule has 1 heterocycles. The molecule has 1 saturated carbocycles. The van der Waals surface area contributed by atoms with Gasteiger partial charge >= 0.3 is 0 Å². The van der Waals surface area contributed by atoms with Crippen molar-refractivity contribution in [3.63, 3.8) is 0 Å². The Labute approximate surface area is 124 Å². The minimum atomic E-state index is 0.716. The molecule has 1 aromatic carbocycles. The lowest BCUT2D eigenvalue weighted by Crippen LogP contribution is -2.18. The van der Waals surface area contributed by atoms with Crippen LogP contribution in [0.15, 0.2) is 24.3 Å². The Bertz CT molecular complexity index is 417. The first-order chi connectivity index (χ1) is 9.33. The van der Waals surface area contributed by atoms with Crippen LogP contribution in [0.1, 0.15) is 56.4 Å². The Balaban J connectivity index is 1.70. The fraction of sp³-hybridized carbons (Fsp3) is 0.647. The van der Waals surface area contributed by atoms with Crippen LogP contribution in [0.4, 0.5) is 0 Å². The summed E-state index contributed by atoms with van der Waals surface area (Å²) in [7, 11) is 0. The molecule has 1 aliphatic heterocycles. The molecule has 0 aromatic heterocycles. The molecule has 104 valence electrons. The maximum absolute atomic E-state index is 5.78. The highest BCUT2D eigenvalue weighted by atomic mass is 79.9. The molecular formula is C17H23BrO. The van der Waals surface area contributed by atoms with Crippen LogP contribution in [0.25, 0.3) is 0 Å². The van der Waals surface area contributed by atoms with E-state index < -0.39 is 0 Å². The van der Waals surface area contributed by atoms with E-state index in [0.717, 1.165) is 23.1 Å². The highest BCUT2D eigenvalue weighted by Gasteiger charge is 2.26. The Hall–Kier alpha value is -0.500. The van der Waals surface area contributed by atoms with Gasteiger partial charge in [0.25, 0.3) is 0 Å². The molecule has 0 bridgehead atoms. The standard InChI is InChI=1S/C17H23BrO/c18-15-6-2-1-5-13(12-15)11-14-9-10-19-17-8-4-3-7-16(14)17/h3-4,7-8,13-15H,1-2,5-6,9-12H2. The summed E-state index contributed by atoms with van der Waals surface area (Å²) in [6, 6.07) is 8.63. The molecular weight excluding hydrogens is 300 g/mol. The number of alkyl halides is 1. The molecule has 0 spiro atoms. The fourth-order valence-corrected chi connectivity index (χ4v) is 4.53. The lowest BCUT2D eigenvalue weighted by Gasteiger charge is -2.29. The van der Waals surface area contributed by atoms with Crippen molar-refractivity contribution >= 4 is 15.9 Å². The van der Waals surface area contributed by atoms with Gasteiger partial charge in [-0.3, -0.25) is 0 Å². The third-order valence-corrected chi connectivity index (χ3v) is 5.50. The van der Waals surface area contributed by atoms with Crippen molar-refractivity contribution in [3.05, 3.63) is 29.8 Å². The molecule has 2 heteroatoms. The maximum atomic E-state index is 5.78. The summed E-state index contributed by atoms with van der Waals surface area (Å²) in [4.78, 5) is 0.745. The number of ether oxygens (including phenoxy) is 1. The molecule has 0 saturated heterocycles. The minimum absolute atomic E-state index is 0.716. The van der Waals surface area contributed by atoms with Crippen LogP contribution < -0.4 is 4.74 Å². The van der Waals surface area contributed by atoms with Gasteiger partial charge in [0.1, 0.15) is 5.75 Å². The monoisotopic (exact) mass is 322 g/mol. The summed E-state index contributed by atoms with van der Waals surface area (Å²) < 4.78 is 5.78. The molecule has 0 N–H and O–H groups in total. The van der Waals surface area contributed by atoms with Gasteiger partial charge in [-0.25, -0.2) is 0 Å². The molecule has 1 fully saturated rings.